The van der Waals surface area contributed by atoms with Gasteiger partial charge in [0.25, 0.3) is 5.91 Å². The third-order valence-corrected chi connectivity index (χ3v) is 5.57. The highest BCUT2D eigenvalue weighted by Crippen LogP contribution is 2.36. The molecule has 1 aliphatic rings. The lowest BCUT2D eigenvalue weighted by molar-refractivity contribution is -0.140. The molecule has 1 saturated heterocycles. The molecule has 1 amide bonds. The highest BCUT2D eigenvalue weighted by molar-refractivity contribution is 8.26. The van der Waals surface area contributed by atoms with Gasteiger partial charge in [-0.25, -0.2) is 0 Å². The molecular weight excluding hydrogens is 360 g/mol. The highest BCUT2D eigenvalue weighted by atomic mass is 32.2. The van der Waals surface area contributed by atoms with Gasteiger partial charge in [0.05, 0.1) is 12.0 Å². The van der Waals surface area contributed by atoms with E-state index in [-0.39, 0.29) is 10.2 Å². The van der Waals surface area contributed by atoms with Crippen molar-refractivity contribution >= 4 is 57.2 Å². The summed E-state index contributed by atoms with van der Waals surface area (Å²) in [5.74, 6) is -0.744. The van der Waals surface area contributed by atoms with Crippen LogP contribution in [0, 0.1) is 6.92 Å². The quantitative estimate of drug-likeness (QED) is 0.654. The number of carboxylic acid groups (broad SMARTS) is 1. The summed E-state index contributed by atoms with van der Waals surface area (Å²) in [5, 5.41) is 9.89. The van der Waals surface area contributed by atoms with Crippen molar-refractivity contribution < 1.29 is 19.4 Å². The van der Waals surface area contributed by atoms with Crippen LogP contribution in [-0.2, 0) is 16.6 Å². The minimum Gasteiger partial charge on any atom is -0.497 e. The first kappa shape index (κ1) is 17.5. The number of ether oxygens (including phenoxy) is 1. The van der Waals surface area contributed by atoms with Gasteiger partial charge in [-0.3, -0.25) is 14.5 Å². The molecular formula is C17H16N2O4S2. The number of carboxylic acids is 1. The first-order valence-electron chi connectivity index (χ1n) is 7.43. The Balaban J connectivity index is 2.10. The molecule has 130 valence electrons. The van der Waals surface area contributed by atoms with Crippen molar-refractivity contribution in [1.29, 1.82) is 0 Å². The van der Waals surface area contributed by atoms with Gasteiger partial charge in [-0.05, 0) is 31.2 Å². The van der Waals surface area contributed by atoms with E-state index in [2.05, 4.69) is 0 Å². The lowest BCUT2D eigenvalue weighted by atomic mass is 10.1. The number of methoxy groups -OCH3 is 1. The Bertz CT molecular complexity index is 946. The van der Waals surface area contributed by atoms with Crippen LogP contribution < -0.4 is 4.74 Å². The van der Waals surface area contributed by atoms with Gasteiger partial charge in [0.1, 0.15) is 16.6 Å². The topological polar surface area (TPSA) is 71.8 Å². The molecule has 8 heteroatoms. The van der Waals surface area contributed by atoms with Crippen molar-refractivity contribution in [2.24, 2.45) is 7.05 Å². The summed E-state index contributed by atoms with van der Waals surface area (Å²) in [4.78, 5) is 24.9. The molecule has 6 nitrogen and oxygen atoms in total. The third kappa shape index (κ3) is 3.03. The van der Waals surface area contributed by atoms with Gasteiger partial charge >= 0.3 is 5.97 Å². The number of thiocarbonyl (C=S) groups is 1. The van der Waals surface area contributed by atoms with Crippen LogP contribution in [0.25, 0.3) is 17.0 Å². The number of rotatable bonds is 4. The molecule has 1 aromatic carbocycles. The van der Waals surface area contributed by atoms with Crippen LogP contribution in [0.5, 0.6) is 5.75 Å². The number of aromatic nitrogens is 1. The molecule has 0 spiro atoms. The average molecular weight is 376 g/mol. The van der Waals surface area contributed by atoms with E-state index < -0.39 is 12.5 Å². The molecule has 0 radical (unpaired) electrons. The van der Waals surface area contributed by atoms with E-state index in [1.54, 1.807) is 13.2 Å². The van der Waals surface area contributed by atoms with Gasteiger partial charge in [0.15, 0.2) is 0 Å². The monoisotopic (exact) mass is 376 g/mol. The predicted octanol–water partition coefficient (Wildman–Crippen LogP) is 2.78. The molecule has 1 aliphatic heterocycles. The molecule has 1 aromatic heterocycles. The van der Waals surface area contributed by atoms with E-state index in [9.17, 15) is 9.59 Å². The van der Waals surface area contributed by atoms with Gasteiger partial charge < -0.3 is 14.4 Å². The summed E-state index contributed by atoms with van der Waals surface area (Å²) in [6, 6.07) is 5.78. The van der Waals surface area contributed by atoms with Crippen LogP contribution >= 0.6 is 24.0 Å². The Hall–Kier alpha value is -2.32. The van der Waals surface area contributed by atoms with Gasteiger partial charge in [0.2, 0.25) is 0 Å². The molecule has 0 atom stereocenters. The zero-order valence-corrected chi connectivity index (χ0v) is 15.5. The van der Waals surface area contributed by atoms with Crippen molar-refractivity contribution in [3.63, 3.8) is 0 Å². The second-order valence-corrected chi connectivity index (χ2v) is 7.28. The molecule has 0 unspecified atom stereocenters. The van der Waals surface area contributed by atoms with Gasteiger partial charge in [-0.15, -0.1) is 0 Å². The number of aliphatic carboxylic acids is 1. The van der Waals surface area contributed by atoms with Crippen LogP contribution in [0.3, 0.4) is 0 Å². The number of carbonyl (C=O) groups is 2. The molecule has 0 bridgehead atoms. The number of amides is 1. The highest BCUT2D eigenvalue weighted by Gasteiger charge is 2.33. The van der Waals surface area contributed by atoms with Crippen LogP contribution in [0.4, 0.5) is 0 Å². The van der Waals surface area contributed by atoms with E-state index >= 15 is 0 Å². The van der Waals surface area contributed by atoms with Crippen LogP contribution in [0.2, 0.25) is 0 Å². The Morgan fingerprint density at radius 1 is 1.44 bits per heavy atom. The van der Waals surface area contributed by atoms with E-state index in [0.717, 1.165) is 44.6 Å². The molecule has 0 aliphatic carbocycles. The fraction of sp³-hybridized carbons (Fsp3) is 0.235. The predicted molar refractivity (Wildman–Crippen MR) is 102 cm³/mol. The Morgan fingerprint density at radius 3 is 2.80 bits per heavy atom. The average Bonchev–Trinajstić information content (AvgIpc) is 2.97. The zero-order valence-electron chi connectivity index (χ0n) is 13.9. The number of hydrogen-bond acceptors (Lipinski definition) is 5. The number of carbonyl (C=O) groups excluding carboxylic acids is 1. The van der Waals surface area contributed by atoms with Crippen molar-refractivity contribution in [2.45, 2.75) is 6.92 Å². The third-order valence-electron chi connectivity index (χ3n) is 4.19. The summed E-state index contributed by atoms with van der Waals surface area (Å²) in [5.41, 5.74) is 2.91. The summed E-state index contributed by atoms with van der Waals surface area (Å²) in [6.45, 7) is 1.54. The van der Waals surface area contributed by atoms with Crippen molar-refractivity contribution in [2.75, 3.05) is 13.7 Å². The maximum Gasteiger partial charge on any atom is 0.323 e. The van der Waals surface area contributed by atoms with E-state index in [0.29, 0.717) is 4.91 Å². The fourth-order valence-corrected chi connectivity index (χ4v) is 4.03. The van der Waals surface area contributed by atoms with Gasteiger partial charge in [-0.1, -0.05) is 24.0 Å². The lowest BCUT2D eigenvalue weighted by Crippen LogP contribution is -2.33. The first-order chi connectivity index (χ1) is 11.8. The standard InChI is InChI=1S/C17H16N2O4S2/c1-9-11(12-6-10(23-3)4-5-13(12)18(9)2)7-14-16(22)19(8-15(20)21)17(24)25-14/h4-7H,8H2,1-3H3,(H,20,21). The van der Waals surface area contributed by atoms with Crippen molar-refractivity contribution in [1.82, 2.24) is 9.47 Å². The molecule has 25 heavy (non-hydrogen) atoms. The Labute approximate surface area is 154 Å². The van der Waals surface area contributed by atoms with Gasteiger partial charge in [0, 0.05) is 29.2 Å². The maximum atomic E-state index is 12.5. The van der Waals surface area contributed by atoms with Crippen LogP contribution in [0.1, 0.15) is 11.3 Å². The Kier molecular flexibility index (Phi) is 4.57. The number of aryl methyl sites for hydroxylation is 1. The summed E-state index contributed by atoms with van der Waals surface area (Å²) < 4.78 is 7.60. The minimum absolute atomic E-state index is 0.258. The summed E-state index contributed by atoms with van der Waals surface area (Å²) in [6.07, 6.45) is 1.78. The molecule has 1 fully saturated rings. The minimum atomic E-state index is -1.09. The van der Waals surface area contributed by atoms with E-state index in [1.165, 1.54) is 0 Å². The fourth-order valence-electron chi connectivity index (χ4n) is 2.79. The molecule has 2 aromatic rings. The summed E-state index contributed by atoms with van der Waals surface area (Å²) in [7, 11) is 3.56. The van der Waals surface area contributed by atoms with Crippen LogP contribution in [-0.4, -0.2) is 44.4 Å². The zero-order chi connectivity index (χ0) is 18.3. The second-order valence-electron chi connectivity index (χ2n) is 5.60. The Morgan fingerprint density at radius 2 is 2.16 bits per heavy atom. The van der Waals surface area contributed by atoms with E-state index in [4.69, 9.17) is 22.1 Å². The molecule has 2 heterocycles. The SMILES string of the molecule is COc1ccc2c(c1)c(C=C1SC(=S)N(CC(=O)O)C1=O)c(C)n2C. The molecule has 0 saturated carbocycles. The molecule has 1 N–H and O–H groups in total. The summed E-state index contributed by atoms with van der Waals surface area (Å²) >= 11 is 6.26. The largest absolute Gasteiger partial charge is 0.497 e. The van der Waals surface area contributed by atoms with Crippen LogP contribution in [0.15, 0.2) is 23.1 Å². The number of nitrogens with zero attached hydrogens (tertiary/aromatic N) is 2. The van der Waals surface area contributed by atoms with E-state index in [1.807, 2.05) is 36.7 Å². The van der Waals surface area contributed by atoms with Gasteiger partial charge in [-0.2, -0.15) is 0 Å². The number of fused-ring (bicyclic) bond motifs is 1. The second kappa shape index (κ2) is 6.53. The maximum absolute atomic E-state index is 12.5. The normalized spacial score (nSPS) is 16.3. The number of hydrogen-bond donors (Lipinski definition) is 1. The van der Waals surface area contributed by atoms with Crippen molar-refractivity contribution in [3.8, 4) is 5.75 Å². The number of thioether (sulfide) groups is 1. The first-order valence-corrected chi connectivity index (χ1v) is 8.66. The number of benzene rings is 1. The lowest BCUT2D eigenvalue weighted by Gasteiger charge is -2.10. The molecule has 3 rings (SSSR count). The van der Waals surface area contributed by atoms with Crippen molar-refractivity contribution in [3.05, 3.63) is 34.4 Å². The smallest absolute Gasteiger partial charge is 0.323 e.